The number of ether oxygens (including phenoxy) is 2. The van der Waals surface area contributed by atoms with E-state index in [4.69, 9.17) is 9.47 Å². The molecule has 2 saturated heterocycles. The SMILES string of the molecule is CC(CN1CCCCC1)NC1COC(C)(C)OC1. The summed E-state index contributed by atoms with van der Waals surface area (Å²) < 4.78 is 11.3. The summed E-state index contributed by atoms with van der Waals surface area (Å²) in [4.78, 5) is 2.57. The summed E-state index contributed by atoms with van der Waals surface area (Å²) in [6.45, 7) is 11.4. The van der Waals surface area contributed by atoms with Crippen LogP contribution in [0.15, 0.2) is 0 Å². The largest absolute Gasteiger partial charge is 0.349 e. The van der Waals surface area contributed by atoms with E-state index in [0.717, 1.165) is 19.8 Å². The molecule has 18 heavy (non-hydrogen) atoms. The van der Waals surface area contributed by atoms with Gasteiger partial charge >= 0.3 is 0 Å². The van der Waals surface area contributed by atoms with Gasteiger partial charge in [-0.05, 0) is 46.7 Å². The third-order valence-electron chi connectivity index (χ3n) is 3.77. The van der Waals surface area contributed by atoms with Crippen molar-refractivity contribution in [3.05, 3.63) is 0 Å². The average molecular weight is 256 g/mol. The number of likely N-dealkylation sites (tertiary alicyclic amines) is 1. The van der Waals surface area contributed by atoms with Gasteiger partial charge in [0.15, 0.2) is 5.79 Å². The first-order chi connectivity index (χ1) is 8.55. The molecule has 0 aliphatic carbocycles. The zero-order chi connectivity index (χ0) is 13.0. The molecule has 2 aliphatic heterocycles. The highest BCUT2D eigenvalue weighted by Crippen LogP contribution is 2.17. The van der Waals surface area contributed by atoms with Crippen LogP contribution in [0.25, 0.3) is 0 Å². The smallest absolute Gasteiger partial charge is 0.162 e. The fraction of sp³-hybridized carbons (Fsp3) is 1.00. The van der Waals surface area contributed by atoms with Crippen LogP contribution in [-0.2, 0) is 9.47 Å². The molecule has 106 valence electrons. The van der Waals surface area contributed by atoms with Crippen molar-refractivity contribution in [1.82, 2.24) is 10.2 Å². The second kappa shape index (κ2) is 6.33. The normalized spacial score (nSPS) is 28.2. The molecule has 0 amide bonds. The van der Waals surface area contributed by atoms with Gasteiger partial charge in [-0.25, -0.2) is 0 Å². The van der Waals surface area contributed by atoms with Gasteiger partial charge in [0, 0.05) is 12.6 Å². The number of piperidine rings is 1. The first-order valence-electron chi connectivity index (χ1n) is 7.31. The van der Waals surface area contributed by atoms with E-state index in [1.54, 1.807) is 0 Å². The first-order valence-corrected chi connectivity index (χ1v) is 7.31. The van der Waals surface area contributed by atoms with Crippen LogP contribution in [0.3, 0.4) is 0 Å². The van der Waals surface area contributed by atoms with E-state index in [-0.39, 0.29) is 0 Å². The number of nitrogens with zero attached hydrogens (tertiary/aromatic N) is 1. The van der Waals surface area contributed by atoms with Crippen LogP contribution in [0, 0.1) is 0 Å². The lowest BCUT2D eigenvalue weighted by Crippen LogP contribution is -2.53. The predicted molar refractivity (Wildman–Crippen MR) is 72.7 cm³/mol. The Kier molecular flexibility index (Phi) is 5.01. The van der Waals surface area contributed by atoms with Gasteiger partial charge in [0.2, 0.25) is 0 Å². The van der Waals surface area contributed by atoms with Gasteiger partial charge in [0.25, 0.3) is 0 Å². The monoisotopic (exact) mass is 256 g/mol. The standard InChI is InChI=1S/C14H28N2O2/c1-12(9-16-7-5-4-6-8-16)15-13-10-17-14(2,3)18-11-13/h12-13,15H,4-11H2,1-3H3. The lowest BCUT2D eigenvalue weighted by molar-refractivity contribution is -0.253. The van der Waals surface area contributed by atoms with Gasteiger partial charge < -0.3 is 19.7 Å². The molecule has 2 fully saturated rings. The van der Waals surface area contributed by atoms with Crippen molar-refractivity contribution in [2.75, 3.05) is 32.8 Å². The Bertz CT molecular complexity index is 242. The van der Waals surface area contributed by atoms with Gasteiger partial charge in [-0.2, -0.15) is 0 Å². The summed E-state index contributed by atoms with van der Waals surface area (Å²) in [5.74, 6) is -0.408. The second-order valence-electron chi connectivity index (χ2n) is 6.15. The van der Waals surface area contributed by atoms with Crippen molar-refractivity contribution >= 4 is 0 Å². The molecule has 2 rings (SSSR count). The van der Waals surface area contributed by atoms with Crippen molar-refractivity contribution in [3.63, 3.8) is 0 Å². The Morgan fingerprint density at radius 3 is 2.39 bits per heavy atom. The number of hydrogen-bond donors (Lipinski definition) is 1. The molecule has 0 aromatic carbocycles. The Morgan fingerprint density at radius 2 is 1.78 bits per heavy atom. The van der Waals surface area contributed by atoms with E-state index in [1.807, 2.05) is 13.8 Å². The van der Waals surface area contributed by atoms with Crippen LogP contribution >= 0.6 is 0 Å². The fourth-order valence-electron chi connectivity index (χ4n) is 2.77. The summed E-state index contributed by atoms with van der Waals surface area (Å²) in [6.07, 6.45) is 4.12. The maximum atomic E-state index is 5.67. The second-order valence-corrected chi connectivity index (χ2v) is 6.15. The van der Waals surface area contributed by atoms with Crippen LogP contribution in [0.4, 0.5) is 0 Å². The van der Waals surface area contributed by atoms with Crippen molar-refractivity contribution < 1.29 is 9.47 Å². The van der Waals surface area contributed by atoms with Crippen molar-refractivity contribution in [3.8, 4) is 0 Å². The first kappa shape index (κ1) is 14.3. The molecule has 0 aromatic rings. The highest BCUT2D eigenvalue weighted by molar-refractivity contribution is 4.78. The van der Waals surface area contributed by atoms with Crippen LogP contribution in [-0.4, -0.2) is 55.6 Å². The number of hydrogen-bond acceptors (Lipinski definition) is 4. The highest BCUT2D eigenvalue weighted by atomic mass is 16.7. The maximum Gasteiger partial charge on any atom is 0.162 e. The van der Waals surface area contributed by atoms with Gasteiger partial charge in [-0.15, -0.1) is 0 Å². The molecule has 0 spiro atoms. The van der Waals surface area contributed by atoms with Crippen LogP contribution in [0.2, 0.25) is 0 Å². The summed E-state index contributed by atoms with van der Waals surface area (Å²) in [5, 5.41) is 3.61. The summed E-state index contributed by atoms with van der Waals surface area (Å²) >= 11 is 0. The van der Waals surface area contributed by atoms with E-state index >= 15 is 0 Å². The predicted octanol–water partition coefficient (Wildman–Crippen LogP) is 1.60. The van der Waals surface area contributed by atoms with Gasteiger partial charge in [-0.1, -0.05) is 6.42 Å². The average Bonchev–Trinajstić information content (AvgIpc) is 2.33. The molecule has 1 N–H and O–H groups in total. The van der Waals surface area contributed by atoms with Gasteiger partial charge in [0.1, 0.15) is 0 Å². The zero-order valence-electron chi connectivity index (χ0n) is 12.1. The van der Waals surface area contributed by atoms with Crippen molar-refractivity contribution in [1.29, 1.82) is 0 Å². The van der Waals surface area contributed by atoms with E-state index in [1.165, 1.54) is 32.4 Å². The number of rotatable bonds is 4. The van der Waals surface area contributed by atoms with E-state index in [2.05, 4.69) is 17.1 Å². The Balaban J connectivity index is 1.66. The molecular formula is C14H28N2O2. The highest BCUT2D eigenvalue weighted by Gasteiger charge is 2.29. The molecular weight excluding hydrogens is 228 g/mol. The maximum absolute atomic E-state index is 5.67. The minimum absolute atomic E-state index is 0.331. The molecule has 4 nitrogen and oxygen atoms in total. The Hall–Kier alpha value is -0.160. The van der Waals surface area contributed by atoms with Crippen LogP contribution < -0.4 is 5.32 Å². The third kappa shape index (κ3) is 4.50. The molecule has 4 heteroatoms. The lowest BCUT2D eigenvalue weighted by atomic mass is 10.1. The third-order valence-corrected chi connectivity index (χ3v) is 3.77. The van der Waals surface area contributed by atoms with E-state index in [9.17, 15) is 0 Å². The van der Waals surface area contributed by atoms with Crippen molar-refractivity contribution in [2.45, 2.75) is 57.9 Å². The molecule has 1 atom stereocenters. The summed E-state index contributed by atoms with van der Waals surface area (Å²) in [6, 6.07) is 0.833. The van der Waals surface area contributed by atoms with Gasteiger partial charge in [-0.3, -0.25) is 0 Å². The lowest BCUT2D eigenvalue weighted by Gasteiger charge is -2.37. The van der Waals surface area contributed by atoms with E-state index < -0.39 is 5.79 Å². The topological polar surface area (TPSA) is 33.7 Å². The van der Waals surface area contributed by atoms with Gasteiger partial charge in [0.05, 0.1) is 19.3 Å². The molecule has 2 heterocycles. The molecule has 0 radical (unpaired) electrons. The molecule has 1 unspecified atom stereocenters. The molecule has 0 bridgehead atoms. The minimum atomic E-state index is -0.408. The number of nitrogens with one attached hydrogen (secondary N) is 1. The molecule has 2 aliphatic rings. The molecule has 0 saturated carbocycles. The van der Waals surface area contributed by atoms with Crippen molar-refractivity contribution in [2.24, 2.45) is 0 Å². The summed E-state index contributed by atoms with van der Waals surface area (Å²) in [7, 11) is 0. The Labute approximate surface area is 111 Å². The van der Waals surface area contributed by atoms with Crippen LogP contribution in [0.1, 0.15) is 40.0 Å². The quantitative estimate of drug-likeness (QED) is 0.828. The van der Waals surface area contributed by atoms with Crippen LogP contribution in [0.5, 0.6) is 0 Å². The Morgan fingerprint density at radius 1 is 1.17 bits per heavy atom. The minimum Gasteiger partial charge on any atom is -0.349 e. The molecule has 0 aromatic heterocycles. The van der Waals surface area contributed by atoms with E-state index in [0.29, 0.717) is 12.1 Å². The zero-order valence-corrected chi connectivity index (χ0v) is 12.1. The summed E-state index contributed by atoms with van der Waals surface area (Å²) in [5.41, 5.74) is 0. The fourth-order valence-corrected chi connectivity index (χ4v) is 2.77.